The molecule has 0 bridgehead atoms. The van der Waals surface area contributed by atoms with Gasteiger partial charge in [-0.25, -0.2) is 22.5 Å². The number of rotatable bonds is 7. The first-order valence-corrected chi connectivity index (χ1v) is 11.9. The van der Waals surface area contributed by atoms with Crippen LogP contribution in [0.5, 0.6) is 0 Å². The van der Waals surface area contributed by atoms with Gasteiger partial charge in [-0.05, 0) is 42.5 Å². The number of nitrogens with zero attached hydrogens (tertiary/aromatic N) is 2. The minimum absolute atomic E-state index is 0.0736. The Bertz CT molecular complexity index is 1860. The summed E-state index contributed by atoms with van der Waals surface area (Å²) >= 11 is 0. The Morgan fingerprint density at radius 3 is 2.55 bits per heavy atom. The van der Waals surface area contributed by atoms with Gasteiger partial charge in [-0.1, -0.05) is 6.07 Å². The van der Waals surface area contributed by atoms with E-state index in [1.165, 1.54) is 6.20 Å². The van der Waals surface area contributed by atoms with E-state index < -0.39 is 57.5 Å². The maximum Gasteiger partial charge on any atom is 0.201 e. The molecule has 2 N–H and O–H groups in total. The normalized spacial score (nSPS) is 18.1. The molecule has 0 amide bonds. The summed E-state index contributed by atoms with van der Waals surface area (Å²) in [6.07, 6.45) is 6.16. The van der Waals surface area contributed by atoms with Crippen LogP contribution >= 0.6 is 0 Å². The minimum Gasteiger partial charge on any atom is -0.364 e. The highest BCUT2D eigenvalue weighted by molar-refractivity contribution is 6.27. The minimum atomic E-state index is -2.13. The lowest BCUT2D eigenvalue weighted by Gasteiger charge is -2.15. The Kier molecular flexibility index (Phi) is 5.79. The van der Waals surface area contributed by atoms with E-state index in [2.05, 4.69) is 20.3 Å². The molecule has 0 radical (unpaired) electrons. The van der Waals surface area contributed by atoms with E-state index in [0.29, 0.717) is 22.2 Å². The van der Waals surface area contributed by atoms with Crippen LogP contribution in [-0.2, 0) is 9.59 Å². The molecule has 1 aliphatic rings. The molecule has 0 aliphatic heterocycles. The molecule has 3 heterocycles. The van der Waals surface area contributed by atoms with Gasteiger partial charge < -0.3 is 15.1 Å². The monoisotopic (exact) mass is 544 g/mol. The van der Waals surface area contributed by atoms with Gasteiger partial charge in [-0.15, -0.1) is 0 Å². The Morgan fingerprint density at radius 2 is 1.80 bits per heavy atom. The van der Waals surface area contributed by atoms with Gasteiger partial charge in [-0.3, -0.25) is 14.6 Å². The lowest BCUT2D eigenvalue weighted by Crippen LogP contribution is -2.29. The summed E-state index contributed by atoms with van der Waals surface area (Å²) in [5.74, 6) is -7.63. The predicted octanol–water partition coefficient (Wildman–Crippen LogP) is 5.13. The lowest BCUT2D eigenvalue weighted by molar-refractivity contribution is -0.115. The van der Waals surface area contributed by atoms with Gasteiger partial charge in [0, 0.05) is 52.4 Å². The fourth-order valence-corrected chi connectivity index (χ4v) is 4.83. The van der Waals surface area contributed by atoms with Crippen molar-refractivity contribution in [2.75, 3.05) is 5.32 Å². The van der Waals surface area contributed by atoms with Gasteiger partial charge in [0.2, 0.25) is 5.78 Å². The maximum absolute atomic E-state index is 15.7. The number of aldehydes is 1. The molecule has 2 aromatic carbocycles. The van der Waals surface area contributed by atoms with Crippen LogP contribution in [0.25, 0.3) is 22.2 Å². The largest absolute Gasteiger partial charge is 0.364 e. The maximum atomic E-state index is 15.7. The highest BCUT2D eigenvalue weighted by atomic mass is 19.1. The van der Waals surface area contributed by atoms with Gasteiger partial charge in [0.1, 0.15) is 23.1 Å². The number of pyridine rings is 2. The van der Waals surface area contributed by atoms with E-state index in [1.54, 1.807) is 36.8 Å². The van der Waals surface area contributed by atoms with Crippen LogP contribution < -0.4 is 5.32 Å². The van der Waals surface area contributed by atoms with Crippen LogP contribution in [-0.4, -0.2) is 38.3 Å². The zero-order valence-corrected chi connectivity index (χ0v) is 20.2. The number of H-pyrrole nitrogens is 1. The first-order valence-electron chi connectivity index (χ1n) is 11.9. The number of anilines is 1. The molecule has 5 aromatic rings. The molecular weight excluding hydrogens is 528 g/mol. The number of carbonyl (C=O) groups is 3. The van der Waals surface area contributed by atoms with Crippen molar-refractivity contribution in [2.24, 2.45) is 0 Å². The highest BCUT2D eigenvalue weighted by Crippen LogP contribution is 2.49. The topological polar surface area (TPSA) is 105 Å². The number of hydrogen-bond donors (Lipinski definition) is 2. The van der Waals surface area contributed by atoms with E-state index in [0.717, 1.165) is 30.3 Å². The fourth-order valence-electron chi connectivity index (χ4n) is 4.83. The van der Waals surface area contributed by atoms with E-state index in [9.17, 15) is 27.6 Å². The van der Waals surface area contributed by atoms with Crippen molar-refractivity contribution in [1.29, 1.82) is 0 Å². The summed E-state index contributed by atoms with van der Waals surface area (Å²) in [6.45, 7) is 0. The van der Waals surface area contributed by atoms with E-state index in [1.807, 2.05) is 0 Å². The molecule has 1 fully saturated rings. The van der Waals surface area contributed by atoms with Crippen molar-refractivity contribution in [2.45, 2.75) is 11.5 Å². The summed E-state index contributed by atoms with van der Waals surface area (Å²) < 4.78 is 58.7. The van der Waals surface area contributed by atoms with Gasteiger partial charge in [0.05, 0.1) is 17.2 Å². The summed E-state index contributed by atoms with van der Waals surface area (Å²) in [4.78, 5) is 49.2. The molecule has 198 valence electrons. The smallest absolute Gasteiger partial charge is 0.201 e. The second-order valence-corrected chi connectivity index (χ2v) is 9.25. The van der Waals surface area contributed by atoms with E-state index in [-0.39, 0.29) is 17.4 Å². The highest BCUT2D eigenvalue weighted by Gasteiger charge is 2.67. The molecule has 1 saturated carbocycles. The molecule has 2 unspecified atom stereocenters. The molecular formula is C29H16F4N4O3. The van der Waals surface area contributed by atoms with E-state index >= 15 is 4.39 Å². The predicted molar refractivity (Wildman–Crippen MR) is 136 cm³/mol. The van der Waals surface area contributed by atoms with Crippen molar-refractivity contribution < 1.29 is 31.9 Å². The summed E-state index contributed by atoms with van der Waals surface area (Å²) in [5, 5.41) is 2.70. The SMILES string of the molecule is O=CC1(Nc2ccc(F)c(C(=O)c3c[nH]c4ncc(-c5cccnc5)cc34)c2F)C(=O)C1c1cc(F)ccc1F. The molecule has 7 nitrogen and oxygen atoms in total. The third kappa shape index (κ3) is 3.85. The Hall–Kier alpha value is -5.19. The molecule has 1 aliphatic carbocycles. The number of ketones is 2. The zero-order valence-electron chi connectivity index (χ0n) is 20.2. The number of benzene rings is 2. The van der Waals surface area contributed by atoms with Gasteiger partial charge >= 0.3 is 0 Å². The molecule has 0 saturated heterocycles. The Morgan fingerprint density at radius 1 is 1.00 bits per heavy atom. The second-order valence-electron chi connectivity index (χ2n) is 9.25. The lowest BCUT2D eigenvalue weighted by atomic mass is 9.99. The van der Waals surface area contributed by atoms with Crippen LogP contribution in [0.1, 0.15) is 27.4 Å². The van der Waals surface area contributed by atoms with E-state index in [4.69, 9.17) is 0 Å². The van der Waals surface area contributed by atoms with Gasteiger partial charge in [-0.2, -0.15) is 0 Å². The van der Waals surface area contributed by atoms with Crippen LogP contribution in [0.3, 0.4) is 0 Å². The zero-order chi connectivity index (χ0) is 28.2. The Balaban J connectivity index is 1.38. The number of Topliss-reactive ketones (excluding diaryl/α,β-unsaturated/α-hetero) is 1. The summed E-state index contributed by atoms with van der Waals surface area (Å²) in [5.41, 5.74) is -2.46. The van der Waals surface area contributed by atoms with Crippen molar-refractivity contribution in [3.8, 4) is 11.1 Å². The Labute approximate surface area is 222 Å². The molecule has 6 rings (SSSR count). The quantitative estimate of drug-likeness (QED) is 0.127. The number of aromatic nitrogens is 3. The van der Waals surface area contributed by atoms with Crippen molar-refractivity contribution in [3.63, 3.8) is 0 Å². The molecule has 40 heavy (non-hydrogen) atoms. The number of aromatic amines is 1. The number of nitrogens with one attached hydrogen (secondary N) is 2. The third-order valence-electron chi connectivity index (χ3n) is 6.93. The number of halogens is 4. The first-order chi connectivity index (χ1) is 19.2. The average molecular weight is 544 g/mol. The van der Waals surface area contributed by atoms with Crippen molar-refractivity contribution in [1.82, 2.24) is 15.0 Å². The van der Waals surface area contributed by atoms with Crippen molar-refractivity contribution in [3.05, 3.63) is 113 Å². The molecule has 0 spiro atoms. The third-order valence-corrected chi connectivity index (χ3v) is 6.93. The average Bonchev–Trinajstić information content (AvgIpc) is 3.30. The standard InChI is InChI=1S/C29H16F4N4O3/c30-16-3-4-20(31)18(9-16)24-27(40)29(24,13-38)37-22-6-5-21(32)23(25(22)33)26(39)19-12-36-28-17(19)8-15(11-35-28)14-2-1-7-34-10-14/h1-13,24,37H,(H,35,36). The number of carbonyl (C=O) groups excluding carboxylic acids is 3. The van der Waals surface area contributed by atoms with Crippen molar-refractivity contribution >= 4 is 34.6 Å². The first kappa shape index (κ1) is 25.1. The second kappa shape index (κ2) is 9.23. The van der Waals surface area contributed by atoms with Crippen LogP contribution in [0, 0.1) is 23.3 Å². The summed E-state index contributed by atoms with van der Waals surface area (Å²) in [6, 6.07) is 9.26. The van der Waals surface area contributed by atoms with Crippen LogP contribution in [0.15, 0.2) is 73.3 Å². The molecule has 3 aromatic heterocycles. The van der Waals surface area contributed by atoms with Crippen LogP contribution in [0.4, 0.5) is 23.2 Å². The number of fused-ring (bicyclic) bond motifs is 1. The number of hydrogen-bond acceptors (Lipinski definition) is 6. The molecule has 11 heteroatoms. The van der Waals surface area contributed by atoms with Gasteiger partial charge in [0.15, 0.2) is 23.4 Å². The van der Waals surface area contributed by atoms with Gasteiger partial charge in [0.25, 0.3) is 0 Å². The van der Waals surface area contributed by atoms with Crippen LogP contribution in [0.2, 0.25) is 0 Å². The molecule has 2 atom stereocenters. The summed E-state index contributed by atoms with van der Waals surface area (Å²) in [7, 11) is 0. The fraction of sp³-hybridized carbons (Fsp3) is 0.0690.